The Bertz CT molecular complexity index is 3650. The number of carbonyl (C=O) groups is 1. The van der Waals surface area contributed by atoms with Crippen LogP contribution in [-0.4, -0.2) is 129 Å². The van der Waals surface area contributed by atoms with E-state index < -0.39 is 128 Å². The fraction of sp³-hybridized carbons (Fsp3) is 0.417. The molecule has 534 valence electrons. The largest absolute Gasteiger partial charge is 0.457 e. The number of hydrogen-bond acceptors (Lipinski definition) is 17. The highest BCUT2D eigenvalue weighted by atomic mass is 16.8. The van der Waals surface area contributed by atoms with Gasteiger partial charge in [-0.05, 0) is 72.2 Å². The average Bonchev–Trinajstić information content (AvgIpc) is 0.767. The van der Waals surface area contributed by atoms with Crippen molar-refractivity contribution in [2.24, 2.45) is 5.92 Å². The van der Waals surface area contributed by atoms with E-state index in [9.17, 15) is 4.79 Å². The van der Waals surface area contributed by atoms with Crippen molar-refractivity contribution >= 4 is 5.97 Å². The summed E-state index contributed by atoms with van der Waals surface area (Å²) in [6.45, 7) is 13.0. The second kappa shape index (κ2) is 37.2. The topological polar surface area (TPSA) is 165 Å². The summed E-state index contributed by atoms with van der Waals surface area (Å²) in [5.41, 5.74) is 7.62. The first-order chi connectivity index (χ1) is 49.5. The lowest BCUT2D eigenvalue weighted by molar-refractivity contribution is -0.393. The van der Waals surface area contributed by atoms with E-state index in [1.165, 1.54) is 6.92 Å². The highest BCUT2D eigenvalue weighted by molar-refractivity contribution is 5.66. The van der Waals surface area contributed by atoms with Gasteiger partial charge in [0.1, 0.15) is 61.0 Å². The molecule has 17 heteroatoms. The molecule has 0 bridgehead atoms. The summed E-state index contributed by atoms with van der Waals surface area (Å²) in [5, 5.41) is 0. The average molecular weight is 1380 g/mol. The van der Waals surface area contributed by atoms with Crippen molar-refractivity contribution in [1.29, 1.82) is 0 Å². The Morgan fingerprint density at radius 2 is 0.554 bits per heavy atom. The SMILES string of the molecule is CC(=O)OC1C(C)OC(C)[C@H](OCc2ccccc2)[C@H]1O[C@@H]1OC(C)[C@H](OCc2ccccc2)[C@@H](OCc2ccccc2)C1O[C@@H]1OC(C)[C@H](OCc2ccccc2)[C@@H](O[C@H]2O[C@H](COCc3ccccc3)[C@@H](OCc3ccccc3)C(OCc3ccccc3)C2OCc2ccccc2)C1C. The number of ether oxygens (including phenoxy) is 16. The fourth-order valence-corrected chi connectivity index (χ4v) is 13.7. The lowest BCUT2D eigenvalue weighted by atomic mass is 9.91. The molecule has 0 spiro atoms. The van der Waals surface area contributed by atoms with E-state index in [0.717, 1.165) is 44.5 Å². The Hall–Kier alpha value is -7.37. The first-order valence-corrected chi connectivity index (χ1v) is 35.4. The van der Waals surface area contributed by atoms with Gasteiger partial charge >= 0.3 is 5.97 Å². The zero-order valence-electron chi connectivity index (χ0n) is 58.4. The van der Waals surface area contributed by atoms with Gasteiger partial charge < -0.3 is 75.8 Å². The molecule has 4 saturated heterocycles. The first kappa shape index (κ1) is 73.4. The van der Waals surface area contributed by atoms with Gasteiger partial charge in [0.25, 0.3) is 0 Å². The molecule has 17 nitrogen and oxygen atoms in total. The van der Waals surface area contributed by atoms with Crippen molar-refractivity contribution in [3.05, 3.63) is 287 Å². The first-order valence-electron chi connectivity index (χ1n) is 35.4. The Kier molecular flexibility index (Phi) is 27.0. The quantitative estimate of drug-likeness (QED) is 0.0365. The third-order valence-electron chi connectivity index (χ3n) is 19.0. The number of esters is 1. The predicted molar refractivity (Wildman–Crippen MR) is 378 cm³/mol. The lowest BCUT2D eigenvalue weighted by Gasteiger charge is -2.52. The molecule has 0 radical (unpaired) electrons. The molecule has 4 heterocycles. The normalized spacial score (nSPS) is 29.8. The van der Waals surface area contributed by atoms with E-state index in [-0.39, 0.29) is 52.9 Å². The molecule has 9 unspecified atom stereocenters. The maximum absolute atomic E-state index is 13.2. The number of rotatable bonds is 32. The predicted octanol–water partition coefficient (Wildman–Crippen LogP) is 14.0. The van der Waals surface area contributed by atoms with Crippen molar-refractivity contribution in [2.45, 2.75) is 211 Å². The van der Waals surface area contributed by atoms with E-state index in [0.29, 0.717) is 6.61 Å². The van der Waals surface area contributed by atoms with Crippen LogP contribution in [0.1, 0.15) is 86.1 Å². The Balaban J connectivity index is 0.941. The van der Waals surface area contributed by atoms with Gasteiger partial charge in [-0.1, -0.05) is 250 Å². The van der Waals surface area contributed by atoms with E-state index in [2.05, 4.69) is 0 Å². The molecule has 101 heavy (non-hydrogen) atoms. The number of carbonyl (C=O) groups excluding carboxylic acids is 1. The summed E-state index contributed by atoms with van der Waals surface area (Å²) in [6.07, 6.45) is -16.3. The Morgan fingerprint density at radius 1 is 0.277 bits per heavy atom. The highest BCUT2D eigenvalue weighted by Gasteiger charge is 2.57. The van der Waals surface area contributed by atoms with Crippen LogP contribution >= 0.6 is 0 Å². The summed E-state index contributed by atoms with van der Waals surface area (Å²) >= 11 is 0. The maximum Gasteiger partial charge on any atom is 0.303 e. The van der Waals surface area contributed by atoms with Crippen LogP contribution in [-0.2, 0) is 133 Å². The molecule has 4 aliphatic rings. The van der Waals surface area contributed by atoms with Crippen molar-refractivity contribution in [3.63, 3.8) is 0 Å². The van der Waals surface area contributed by atoms with Crippen LogP contribution in [0.15, 0.2) is 243 Å². The molecule has 0 saturated carbocycles. The van der Waals surface area contributed by atoms with Gasteiger partial charge in [-0.25, -0.2) is 0 Å². The van der Waals surface area contributed by atoms with Crippen LogP contribution in [0.4, 0.5) is 0 Å². The van der Waals surface area contributed by atoms with Crippen LogP contribution in [0.5, 0.6) is 0 Å². The summed E-state index contributed by atoms with van der Waals surface area (Å²) < 4.78 is 114. The van der Waals surface area contributed by atoms with E-state index in [4.69, 9.17) is 75.8 Å². The van der Waals surface area contributed by atoms with Gasteiger partial charge in [-0.2, -0.15) is 0 Å². The second-order valence-corrected chi connectivity index (χ2v) is 26.6. The molecule has 4 fully saturated rings. The molecule has 8 aromatic rings. The molecule has 0 aromatic heterocycles. The van der Waals surface area contributed by atoms with Crippen molar-refractivity contribution in [2.75, 3.05) is 6.61 Å². The number of hydrogen-bond donors (Lipinski definition) is 0. The molecule has 20 atom stereocenters. The van der Waals surface area contributed by atoms with E-state index in [1.54, 1.807) is 0 Å². The molecular weight excluding hydrogens is 1280 g/mol. The summed E-state index contributed by atoms with van der Waals surface area (Å²) in [7, 11) is 0. The van der Waals surface area contributed by atoms with Crippen LogP contribution in [0.2, 0.25) is 0 Å². The Labute approximate surface area is 594 Å². The minimum absolute atomic E-state index is 0.102. The molecule has 4 aliphatic heterocycles. The van der Waals surface area contributed by atoms with Gasteiger partial charge in [-0.3, -0.25) is 4.79 Å². The van der Waals surface area contributed by atoms with Gasteiger partial charge in [-0.15, -0.1) is 0 Å². The smallest absolute Gasteiger partial charge is 0.303 e. The molecular formula is C84H96O17. The third kappa shape index (κ3) is 20.3. The molecule has 0 aliphatic carbocycles. The van der Waals surface area contributed by atoms with Crippen molar-refractivity contribution < 1.29 is 80.6 Å². The third-order valence-corrected chi connectivity index (χ3v) is 19.0. The van der Waals surface area contributed by atoms with E-state index >= 15 is 0 Å². The standard InChI is InChI=1S/C84H96O17/c1-56-71(99-83-80(93-54-69-45-29-14-30-46-69)78(92-53-68-43-27-13-28-44-68)76(90-51-66-39-23-11-24-40-66)70(98-83)55-86-47-62-31-15-7-16-32-62)72(87-48-63-33-17-8-18-34-63)58(3)95-82(56)101-81-77(91-52-67-41-25-12-26-42-67)73(88-49-64-35-19-9-20-36-64)59(4)96-84(81)100-79-74(89-50-65-37-21-10-22-38-65)57(2)94-60(5)75(79)97-61(6)85/h7-46,56-60,70-84H,47-55H2,1-6H3/t56?,57?,58?,59?,60?,70-,71+,72+,73+,74+,75?,76-,77-,78?,79-,80?,81?,82+,83-,84+/m1/s1. The maximum atomic E-state index is 13.2. The van der Waals surface area contributed by atoms with Crippen LogP contribution in [0.3, 0.4) is 0 Å². The van der Waals surface area contributed by atoms with E-state index in [1.807, 2.05) is 277 Å². The zero-order valence-corrected chi connectivity index (χ0v) is 58.4. The summed E-state index contributed by atoms with van der Waals surface area (Å²) in [4.78, 5) is 13.2. The minimum Gasteiger partial charge on any atom is -0.457 e. The molecule has 12 rings (SSSR count). The molecule has 0 N–H and O–H groups in total. The zero-order chi connectivity index (χ0) is 69.7. The summed E-state index contributed by atoms with van der Waals surface area (Å²) in [6, 6.07) is 80.0. The fourth-order valence-electron chi connectivity index (χ4n) is 13.7. The monoisotopic (exact) mass is 1380 g/mol. The van der Waals surface area contributed by atoms with Crippen molar-refractivity contribution in [3.8, 4) is 0 Å². The van der Waals surface area contributed by atoms with Gasteiger partial charge in [0.15, 0.2) is 25.0 Å². The second-order valence-electron chi connectivity index (χ2n) is 26.6. The lowest BCUT2D eigenvalue weighted by Crippen LogP contribution is -2.66. The van der Waals surface area contributed by atoms with Gasteiger partial charge in [0.05, 0.1) is 90.0 Å². The van der Waals surface area contributed by atoms with Crippen LogP contribution < -0.4 is 0 Å². The van der Waals surface area contributed by atoms with Crippen molar-refractivity contribution in [1.82, 2.24) is 0 Å². The van der Waals surface area contributed by atoms with Gasteiger partial charge in [0, 0.05) is 12.8 Å². The Morgan fingerprint density at radius 3 is 0.950 bits per heavy atom. The minimum atomic E-state index is -1.24. The molecule has 8 aromatic carbocycles. The highest BCUT2D eigenvalue weighted by Crippen LogP contribution is 2.42. The van der Waals surface area contributed by atoms with Crippen LogP contribution in [0, 0.1) is 5.92 Å². The molecule has 0 amide bonds. The van der Waals surface area contributed by atoms with Crippen LogP contribution in [0.25, 0.3) is 0 Å². The summed E-state index contributed by atoms with van der Waals surface area (Å²) in [5.74, 6) is -1.19. The number of benzene rings is 8. The van der Waals surface area contributed by atoms with Gasteiger partial charge in [0.2, 0.25) is 0 Å².